The van der Waals surface area contributed by atoms with E-state index in [2.05, 4.69) is 46.9 Å². The van der Waals surface area contributed by atoms with Crippen molar-refractivity contribution in [3.8, 4) is 0 Å². The third-order valence-corrected chi connectivity index (χ3v) is 4.88. The van der Waals surface area contributed by atoms with Gasteiger partial charge in [-0.05, 0) is 33.1 Å². The average Bonchev–Trinajstić information content (AvgIpc) is 3.00. The van der Waals surface area contributed by atoms with Crippen molar-refractivity contribution in [2.24, 2.45) is 5.92 Å². The maximum absolute atomic E-state index is 12.6. The first-order chi connectivity index (χ1) is 11.8. The molecule has 1 N–H and O–H groups in total. The van der Waals surface area contributed by atoms with Gasteiger partial charge in [-0.15, -0.1) is 0 Å². The van der Waals surface area contributed by atoms with Crippen LogP contribution in [0.5, 0.6) is 0 Å². The molecule has 25 heavy (non-hydrogen) atoms. The summed E-state index contributed by atoms with van der Waals surface area (Å²) >= 11 is 0. The normalized spacial score (nSPS) is 17.0. The molecule has 6 heteroatoms. The van der Waals surface area contributed by atoms with E-state index in [1.54, 1.807) is 0 Å². The van der Waals surface area contributed by atoms with Crippen LogP contribution < -0.4 is 5.32 Å². The first kappa shape index (κ1) is 17.7. The van der Waals surface area contributed by atoms with Crippen molar-refractivity contribution in [2.75, 3.05) is 0 Å². The summed E-state index contributed by atoms with van der Waals surface area (Å²) in [5, 5.41) is 7.80. The summed E-state index contributed by atoms with van der Waals surface area (Å²) in [7, 11) is 0. The molecule has 2 aromatic heterocycles. The summed E-state index contributed by atoms with van der Waals surface area (Å²) in [4.78, 5) is 17.1. The minimum Gasteiger partial charge on any atom is -0.351 e. The fourth-order valence-corrected chi connectivity index (χ4v) is 3.66. The molecule has 0 radical (unpaired) electrons. The highest BCUT2D eigenvalue weighted by Crippen LogP contribution is 2.17. The zero-order valence-electron chi connectivity index (χ0n) is 16.0. The van der Waals surface area contributed by atoms with Crippen molar-refractivity contribution >= 4 is 5.91 Å². The molecule has 0 fully saturated rings. The Bertz CT molecular complexity index is 771. The highest BCUT2D eigenvalue weighted by Gasteiger charge is 2.22. The van der Waals surface area contributed by atoms with Crippen LogP contribution >= 0.6 is 0 Å². The molecule has 1 atom stereocenters. The molecule has 0 bridgehead atoms. The Morgan fingerprint density at radius 1 is 1.36 bits per heavy atom. The zero-order valence-corrected chi connectivity index (χ0v) is 16.0. The maximum Gasteiger partial charge on any atom is 0.224 e. The van der Waals surface area contributed by atoms with Gasteiger partial charge in [-0.2, -0.15) is 5.10 Å². The molecule has 1 aliphatic rings. The summed E-state index contributed by atoms with van der Waals surface area (Å²) < 4.78 is 4.20. The molecule has 0 saturated heterocycles. The smallest absolute Gasteiger partial charge is 0.224 e. The first-order valence-corrected chi connectivity index (χ1v) is 9.18. The topological polar surface area (TPSA) is 64.7 Å². The predicted molar refractivity (Wildman–Crippen MR) is 97.5 cm³/mol. The number of hydrogen-bond donors (Lipinski definition) is 1. The van der Waals surface area contributed by atoms with Crippen molar-refractivity contribution in [3.05, 3.63) is 34.7 Å². The van der Waals surface area contributed by atoms with Crippen LogP contribution in [-0.4, -0.2) is 31.3 Å². The lowest BCUT2D eigenvalue weighted by atomic mass is 10.1. The van der Waals surface area contributed by atoms with Gasteiger partial charge in [0.25, 0.3) is 0 Å². The van der Waals surface area contributed by atoms with Gasteiger partial charge in [0.1, 0.15) is 5.82 Å². The van der Waals surface area contributed by atoms with Crippen LogP contribution in [-0.2, 0) is 30.7 Å². The van der Waals surface area contributed by atoms with Gasteiger partial charge < -0.3 is 9.88 Å². The molecule has 0 aromatic carbocycles. The van der Waals surface area contributed by atoms with Crippen LogP contribution in [0.1, 0.15) is 48.7 Å². The molecule has 0 spiro atoms. The van der Waals surface area contributed by atoms with Gasteiger partial charge in [0.05, 0.1) is 17.8 Å². The number of nitrogens with zero attached hydrogens (tertiary/aromatic N) is 4. The van der Waals surface area contributed by atoms with Crippen molar-refractivity contribution in [2.45, 2.75) is 73.0 Å². The van der Waals surface area contributed by atoms with E-state index in [0.717, 1.165) is 54.4 Å². The number of imidazole rings is 1. The lowest BCUT2D eigenvalue weighted by molar-refractivity contribution is -0.121. The largest absolute Gasteiger partial charge is 0.351 e. The molecular formula is C19H29N5O. The standard InChI is InChI=1S/C19H29N5O/c1-12(2)9-24-15(5)17(14(4)22-24)8-19(25)21-16-6-7-18-20-13(3)10-23(18)11-16/h10,12,16H,6-9,11H2,1-5H3,(H,21,25). The van der Waals surface area contributed by atoms with Crippen LogP contribution in [0.4, 0.5) is 0 Å². The van der Waals surface area contributed by atoms with Gasteiger partial charge in [-0.25, -0.2) is 4.98 Å². The number of nitrogens with one attached hydrogen (secondary N) is 1. The average molecular weight is 343 g/mol. The fraction of sp³-hybridized carbons (Fsp3) is 0.632. The van der Waals surface area contributed by atoms with E-state index in [-0.39, 0.29) is 11.9 Å². The van der Waals surface area contributed by atoms with Crippen molar-refractivity contribution in [1.82, 2.24) is 24.6 Å². The second-order valence-electron chi connectivity index (χ2n) is 7.66. The molecule has 2 aromatic rings. The highest BCUT2D eigenvalue weighted by molar-refractivity contribution is 5.79. The number of amides is 1. The summed E-state index contributed by atoms with van der Waals surface area (Å²) in [6, 6.07) is 0.180. The molecule has 1 unspecified atom stereocenters. The number of aryl methyl sites for hydroxylation is 3. The Kier molecular flexibility index (Phi) is 4.97. The Balaban J connectivity index is 1.63. The zero-order chi connectivity index (χ0) is 18.1. The van der Waals surface area contributed by atoms with E-state index in [1.807, 2.05) is 18.5 Å². The Morgan fingerprint density at radius 3 is 2.84 bits per heavy atom. The van der Waals surface area contributed by atoms with Gasteiger partial charge >= 0.3 is 0 Å². The summed E-state index contributed by atoms with van der Waals surface area (Å²) in [6.45, 7) is 12.1. The number of fused-ring (bicyclic) bond motifs is 1. The lowest BCUT2D eigenvalue weighted by Crippen LogP contribution is -2.41. The quantitative estimate of drug-likeness (QED) is 0.906. The number of hydrogen-bond acceptors (Lipinski definition) is 3. The Labute approximate surface area is 149 Å². The third-order valence-electron chi connectivity index (χ3n) is 4.88. The van der Waals surface area contributed by atoms with Crippen molar-refractivity contribution in [1.29, 1.82) is 0 Å². The van der Waals surface area contributed by atoms with E-state index < -0.39 is 0 Å². The minimum atomic E-state index is 0.0839. The molecule has 1 amide bonds. The number of carbonyl (C=O) groups is 1. The third kappa shape index (κ3) is 3.94. The highest BCUT2D eigenvalue weighted by atomic mass is 16.1. The molecule has 3 rings (SSSR count). The van der Waals surface area contributed by atoms with E-state index in [9.17, 15) is 4.79 Å². The fourth-order valence-electron chi connectivity index (χ4n) is 3.66. The SMILES string of the molecule is Cc1cn2c(n1)CCC(NC(=O)Cc1c(C)nn(CC(C)C)c1C)C2. The van der Waals surface area contributed by atoms with Gasteiger partial charge in [-0.1, -0.05) is 13.8 Å². The molecular weight excluding hydrogens is 314 g/mol. The second kappa shape index (κ2) is 7.02. The van der Waals surface area contributed by atoms with Gasteiger partial charge in [0, 0.05) is 43.0 Å². The summed E-state index contributed by atoms with van der Waals surface area (Å²) in [5.74, 6) is 1.75. The molecule has 6 nitrogen and oxygen atoms in total. The lowest BCUT2D eigenvalue weighted by Gasteiger charge is -2.24. The van der Waals surface area contributed by atoms with E-state index in [4.69, 9.17) is 0 Å². The molecule has 3 heterocycles. The van der Waals surface area contributed by atoms with Gasteiger partial charge in [-0.3, -0.25) is 9.48 Å². The first-order valence-electron chi connectivity index (χ1n) is 9.18. The Hall–Kier alpha value is -2.11. The summed E-state index contributed by atoms with van der Waals surface area (Å²) in [5.41, 5.74) is 4.18. The van der Waals surface area contributed by atoms with Crippen LogP contribution in [0.25, 0.3) is 0 Å². The van der Waals surface area contributed by atoms with E-state index in [1.165, 1.54) is 0 Å². The van der Waals surface area contributed by atoms with E-state index >= 15 is 0 Å². The van der Waals surface area contributed by atoms with Gasteiger partial charge in [0.15, 0.2) is 0 Å². The van der Waals surface area contributed by atoms with Crippen molar-refractivity contribution in [3.63, 3.8) is 0 Å². The Morgan fingerprint density at radius 2 is 2.12 bits per heavy atom. The van der Waals surface area contributed by atoms with Crippen LogP contribution in [0.15, 0.2) is 6.20 Å². The number of carbonyl (C=O) groups excluding carboxylic acids is 1. The second-order valence-corrected chi connectivity index (χ2v) is 7.66. The summed E-state index contributed by atoms with van der Waals surface area (Å²) in [6.07, 6.45) is 4.34. The molecule has 136 valence electrons. The molecule has 0 aliphatic carbocycles. The van der Waals surface area contributed by atoms with E-state index in [0.29, 0.717) is 12.3 Å². The minimum absolute atomic E-state index is 0.0839. The van der Waals surface area contributed by atoms with Crippen molar-refractivity contribution < 1.29 is 4.79 Å². The predicted octanol–water partition coefficient (Wildman–Crippen LogP) is 2.33. The number of aromatic nitrogens is 4. The van der Waals surface area contributed by atoms with Crippen LogP contribution in [0.3, 0.4) is 0 Å². The molecule has 0 saturated carbocycles. The van der Waals surface area contributed by atoms with Gasteiger partial charge in [0.2, 0.25) is 5.91 Å². The van der Waals surface area contributed by atoms with Crippen LogP contribution in [0.2, 0.25) is 0 Å². The maximum atomic E-state index is 12.6. The van der Waals surface area contributed by atoms with Crippen LogP contribution in [0, 0.1) is 26.7 Å². The monoisotopic (exact) mass is 343 g/mol. The molecule has 1 aliphatic heterocycles. The number of rotatable bonds is 5.